The van der Waals surface area contributed by atoms with Crippen molar-refractivity contribution < 1.29 is 9.90 Å². The molecule has 1 aromatic heterocycles. The molecule has 1 amide bonds. The van der Waals surface area contributed by atoms with Gasteiger partial charge in [0.2, 0.25) is 0 Å². The van der Waals surface area contributed by atoms with Gasteiger partial charge in [-0.1, -0.05) is 30.9 Å². The normalized spacial score (nSPS) is 16.1. The average molecular weight is 340 g/mol. The largest absolute Gasteiger partial charge is 0.464 e. The van der Waals surface area contributed by atoms with Crippen LogP contribution in [0.15, 0.2) is 23.4 Å². The predicted octanol–water partition coefficient (Wildman–Crippen LogP) is 4.36. The molecule has 0 spiro atoms. The maximum Gasteiger partial charge on any atom is 0.426 e. The highest BCUT2D eigenvalue weighted by atomic mass is 35.5. The maximum atomic E-state index is 11.1. The number of carbonyl (C=O) groups is 1. The Morgan fingerprint density at radius 3 is 2.82 bits per heavy atom. The van der Waals surface area contributed by atoms with Crippen molar-refractivity contribution >= 4 is 40.5 Å². The molecule has 118 valence electrons. The van der Waals surface area contributed by atoms with E-state index in [4.69, 9.17) is 16.7 Å². The summed E-state index contributed by atoms with van der Waals surface area (Å²) in [5, 5.41) is 11.5. The molecule has 3 rings (SSSR count). The van der Waals surface area contributed by atoms with Crippen LogP contribution in [0.4, 0.5) is 4.79 Å². The highest BCUT2D eigenvalue weighted by Crippen LogP contribution is 2.38. The smallest absolute Gasteiger partial charge is 0.426 e. The fourth-order valence-electron chi connectivity index (χ4n) is 2.78. The highest BCUT2D eigenvalue weighted by Gasteiger charge is 2.18. The predicted molar refractivity (Wildman–Crippen MR) is 89.6 cm³/mol. The third kappa shape index (κ3) is 3.03. The van der Waals surface area contributed by atoms with Crippen LogP contribution in [-0.2, 0) is 0 Å². The maximum absolute atomic E-state index is 11.1. The van der Waals surface area contributed by atoms with E-state index in [9.17, 15) is 4.79 Å². The molecule has 0 unspecified atom stereocenters. The van der Waals surface area contributed by atoms with Gasteiger partial charge in [0.05, 0.1) is 16.1 Å². The van der Waals surface area contributed by atoms with E-state index in [1.165, 1.54) is 50.2 Å². The minimum Gasteiger partial charge on any atom is -0.464 e. The number of hydrogen-bond donors (Lipinski definition) is 1. The van der Waals surface area contributed by atoms with Crippen LogP contribution in [0.2, 0.25) is 5.02 Å². The lowest BCUT2D eigenvalue weighted by molar-refractivity contribution is 0.197. The number of carboxylic acid groups (broad SMARTS) is 1. The Kier molecular flexibility index (Phi) is 4.49. The summed E-state index contributed by atoms with van der Waals surface area (Å²) in [7, 11) is 1.47. The first-order valence-corrected chi connectivity index (χ1v) is 8.62. The molecule has 1 fully saturated rings. The van der Waals surface area contributed by atoms with Crippen molar-refractivity contribution in [3.8, 4) is 0 Å². The molecule has 0 saturated heterocycles. The van der Waals surface area contributed by atoms with Gasteiger partial charge in [-0.15, -0.1) is 11.8 Å². The number of rotatable bonds is 3. The van der Waals surface area contributed by atoms with Crippen molar-refractivity contribution in [1.82, 2.24) is 9.66 Å². The van der Waals surface area contributed by atoms with Crippen LogP contribution in [0.5, 0.6) is 0 Å². The number of amides is 1. The van der Waals surface area contributed by atoms with Gasteiger partial charge in [0.1, 0.15) is 6.33 Å². The third-order valence-electron chi connectivity index (χ3n) is 4.03. The molecule has 1 saturated carbocycles. The van der Waals surface area contributed by atoms with Crippen LogP contribution in [0.25, 0.3) is 11.0 Å². The summed E-state index contributed by atoms with van der Waals surface area (Å²) in [6.07, 6.45) is 6.83. The first kappa shape index (κ1) is 15.5. The van der Waals surface area contributed by atoms with Crippen molar-refractivity contribution in [2.75, 3.05) is 12.1 Å². The van der Waals surface area contributed by atoms with Gasteiger partial charge >= 0.3 is 6.09 Å². The minimum absolute atomic E-state index is 0.618. The standard InChI is InChI=1S/C15H18ClN3O2S/c1-18(15(20)21)19-9-17-12-8-14(11(16)7-13(12)19)22-10-5-3-2-4-6-10/h7-10H,2-6H2,1H3,(H,20,21). The Balaban J connectivity index is 1.90. The summed E-state index contributed by atoms with van der Waals surface area (Å²) in [5.74, 6) is 0. The van der Waals surface area contributed by atoms with Crippen LogP contribution >= 0.6 is 23.4 Å². The van der Waals surface area contributed by atoms with E-state index in [2.05, 4.69) is 4.98 Å². The number of hydrogen-bond acceptors (Lipinski definition) is 3. The van der Waals surface area contributed by atoms with E-state index in [1.54, 1.807) is 6.07 Å². The van der Waals surface area contributed by atoms with E-state index in [0.29, 0.717) is 15.8 Å². The summed E-state index contributed by atoms with van der Waals surface area (Å²) >= 11 is 8.23. The number of nitrogens with zero attached hydrogens (tertiary/aromatic N) is 3. The van der Waals surface area contributed by atoms with Crippen LogP contribution in [0.3, 0.4) is 0 Å². The van der Waals surface area contributed by atoms with Gasteiger partial charge in [-0.05, 0) is 25.0 Å². The van der Waals surface area contributed by atoms with Gasteiger partial charge in [-0.25, -0.2) is 19.5 Å². The zero-order chi connectivity index (χ0) is 15.7. The summed E-state index contributed by atoms with van der Waals surface area (Å²) < 4.78 is 1.48. The molecule has 22 heavy (non-hydrogen) atoms. The first-order chi connectivity index (χ1) is 10.6. The summed E-state index contributed by atoms with van der Waals surface area (Å²) in [4.78, 5) is 16.4. The van der Waals surface area contributed by atoms with Gasteiger partial charge < -0.3 is 5.11 Å². The molecular weight excluding hydrogens is 322 g/mol. The molecule has 5 nitrogen and oxygen atoms in total. The van der Waals surface area contributed by atoms with E-state index in [1.807, 2.05) is 17.8 Å². The number of benzene rings is 1. The van der Waals surface area contributed by atoms with Crippen molar-refractivity contribution in [3.05, 3.63) is 23.5 Å². The Labute approximate surface area is 138 Å². The topological polar surface area (TPSA) is 58.4 Å². The fraction of sp³-hybridized carbons (Fsp3) is 0.467. The SMILES string of the molecule is CN(C(=O)O)n1cnc2cc(SC3CCCCC3)c(Cl)cc21. The zero-order valence-electron chi connectivity index (χ0n) is 12.3. The molecule has 1 aliphatic carbocycles. The highest BCUT2D eigenvalue weighted by molar-refractivity contribution is 8.00. The Hall–Kier alpha value is -1.40. The van der Waals surface area contributed by atoms with Crippen molar-refractivity contribution in [1.29, 1.82) is 0 Å². The average Bonchev–Trinajstić information content (AvgIpc) is 2.90. The van der Waals surface area contributed by atoms with Gasteiger partial charge in [-0.3, -0.25) is 0 Å². The quantitative estimate of drug-likeness (QED) is 0.902. The molecule has 1 heterocycles. The monoisotopic (exact) mass is 339 g/mol. The molecule has 1 aliphatic rings. The van der Waals surface area contributed by atoms with Crippen LogP contribution < -0.4 is 5.01 Å². The van der Waals surface area contributed by atoms with Crippen LogP contribution in [0.1, 0.15) is 32.1 Å². The zero-order valence-corrected chi connectivity index (χ0v) is 13.9. The lowest BCUT2D eigenvalue weighted by Gasteiger charge is -2.21. The van der Waals surface area contributed by atoms with Crippen molar-refractivity contribution in [2.24, 2.45) is 0 Å². The van der Waals surface area contributed by atoms with Crippen LogP contribution in [0, 0.1) is 0 Å². The molecule has 7 heteroatoms. The number of thioether (sulfide) groups is 1. The summed E-state index contributed by atoms with van der Waals surface area (Å²) in [6, 6.07) is 3.76. The molecule has 2 aromatic rings. The summed E-state index contributed by atoms with van der Waals surface area (Å²) in [6.45, 7) is 0. The minimum atomic E-state index is -1.05. The summed E-state index contributed by atoms with van der Waals surface area (Å²) in [5.41, 5.74) is 1.46. The third-order valence-corrected chi connectivity index (χ3v) is 5.85. The molecule has 0 bridgehead atoms. The molecule has 0 radical (unpaired) electrons. The second kappa shape index (κ2) is 6.38. The van der Waals surface area contributed by atoms with E-state index >= 15 is 0 Å². The Morgan fingerprint density at radius 1 is 1.41 bits per heavy atom. The second-order valence-electron chi connectivity index (χ2n) is 5.54. The molecular formula is C15H18ClN3O2S. The van der Waals surface area contributed by atoms with Gasteiger partial charge in [-0.2, -0.15) is 0 Å². The molecule has 0 atom stereocenters. The van der Waals surface area contributed by atoms with E-state index < -0.39 is 6.09 Å². The van der Waals surface area contributed by atoms with Crippen molar-refractivity contribution in [2.45, 2.75) is 42.2 Å². The van der Waals surface area contributed by atoms with E-state index in [0.717, 1.165) is 15.4 Å². The van der Waals surface area contributed by atoms with Crippen molar-refractivity contribution in [3.63, 3.8) is 0 Å². The Bertz CT molecular complexity index is 697. The first-order valence-electron chi connectivity index (χ1n) is 7.36. The lowest BCUT2D eigenvalue weighted by atomic mass is 10.0. The second-order valence-corrected chi connectivity index (χ2v) is 7.29. The van der Waals surface area contributed by atoms with Gasteiger partial charge in [0.15, 0.2) is 0 Å². The number of imidazole rings is 1. The van der Waals surface area contributed by atoms with Gasteiger partial charge in [0, 0.05) is 17.2 Å². The van der Waals surface area contributed by atoms with E-state index in [-0.39, 0.29) is 0 Å². The fourth-order valence-corrected chi connectivity index (χ4v) is 4.35. The Morgan fingerprint density at radius 2 is 2.14 bits per heavy atom. The van der Waals surface area contributed by atoms with Crippen LogP contribution in [-0.4, -0.2) is 33.2 Å². The number of aromatic nitrogens is 2. The number of halogens is 1. The van der Waals surface area contributed by atoms with Gasteiger partial charge in [0.25, 0.3) is 0 Å². The molecule has 1 N–H and O–H groups in total. The lowest BCUT2D eigenvalue weighted by Crippen LogP contribution is -2.34. The molecule has 0 aliphatic heterocycles. The molecule has 1 aromatic carbocycles. The number of fused-ring (bicyclic) bond motifs is 1.